The first kappa shape index (κ1) is 11.4. The SMILES string of the molecule is CC1(C)SCc2c(F)ccc(Br)c2C1O. The maximum Gasteiger partial charge on any atom is 0.127 e. The average molecular weight is 291 g/mol. The van der Waals surface area contributed by atoms with E-state index in [9.17, 15) is 9.50 Å². The Morgan fingerprint density at radius 3 is 2.87 bits per heavy atom. The molecule has 1 atom stereocenters. The van der Waals surface area contributed by atoms with Crippen molar-refractivity contribution >= 4 is 27.7 Å². The van der Waals surface area contributed by atoms with Gasteiger partial charge in [0, 0.05) is 26.1 Å². The van der Waals surface area contributed by atoms with Gasteiger partial charge in [-0.25, -0.2) is 4.39 Å². The van der Waals surface area contributed by atoms with Crippen LogP contribution < -0.4 is 0 Å². The maximum absolute atomic E-state index is 13.5. The zero-order chi connectivity index (χ0) is 11.2. The minimum atomic E-state index is -0.628. The van der Waals surface area contributed by atoms with Gasteiger partial charge in [-0.15, -0.1) is 11.8 Å². The van der Waals surface area contributed by atoms with Crippen molar-refractivity contribution in [1.82, 2.24) is 0 Å². The van der Waals surface area contributed by atoms with Crippen LogP contribution in [0, 0.1) is 5.82 Å². The summed E-state index contributed by atoms with van der Waals surface area (Å²) in [5.74, 6) is 0.389. The van der Waals surface area contributed by atoms with Crippen molar-refractivity contribution in [3.63, 3.8) is 0 Å². The van der Waals surface area contributed by atoms with Gasteiger partial charge in [0.25, 0.3) is 0 Å². The van der Waals surface area contributed by atoms with Crippen molar-refractivity contribution in [3.8, 4) is 0 Å². The third-order valence-electron chi connectivity index (χ3n) is 2.77. The van der Waals surface area contributed by atoms with Crippen LogP contribution in [0.4, 0.5) is 4.39 Å². The second-order valence-corrected chi connectivity index (χ2v) is 6.70. The second kappa shape index (κ2) is 3.75. The third kappa shape index (κ3) is 1.83. The first-order valence-corrected chi connectivity index (χ1v) is 6.50. The third-order valence-corrected chi connectivity index (χ3v) is 4.86. The summed E-state index contributed by atoms with van der Waals surface area (Å²) < 4.78 is 14.1. The molecule has 1 aromatic carbocycles. The molecule has 82 valence electrons. The molecule has 0 aliphatic carbocycles. The van der Waals surface area contributed by atoms with Crippen LogP contribution in [0.5, 0.6) is 0 Å². The lowest BCUT2D eigenvalue weighted by molar-refractivity contribution is 0.140. The molecule has 1 unspecified atom stereocenters. The van der Waals surface area contributed by atoms with Crippen molar-refractivity contribution in [2.45, 2.75) is 30.5 Å². The van der Waals surface area contributed by atoms with Crippen LogP contribution >= 0.6 is 27.7 Å². The van der Waals surface area contributed by atoms with Crippen LogP contribution in [0.2, 0.25) is 0 Å². The normalized spacial score (nSPS) is 23.7. The lowest BCUT2D eigenvalue weighted by Crippen LogP contribution is -2.30. The van der Waals surface area contributed by atoms with Crippen molar-refractivity contribution < 1.29 is 9.50 Å². The van der Waals surface area contributed by atoms with Crippen molar-refractivity contribution in [3.05, 3.63) is 33.5 Å². The van der Waals surface area contributed by atoms with Crippen LogP contribution in [0.25, 0.3) is 0 Å². The Bertz CT molecular complexity index is 406. The summed E-state index contributed by atoms with van der Waals surface area (Å²) in [4.78, 5) is 0. The van der Waals surface area contributed by atoms with Crippen LogP contribution in [-0.4, -0.2) is 9.85 Å². The van der Waals surface area contributed by atoms with E-state index in [1.165, 1.54) is 6.07 Å². The monoisotopic (exact) mass is 290 g/mol. The van der Waals surface area contributed by atoms with Crippen molar-refractivity contribution in [1.29, 1.82) is 0 Å². The molecule has 4 heteroatoms. The van der Waals surface area contributed by atoms with Gasteiger partial charge in [0.05, 0.1) is 6.10 Å². The van der Waals surface area contributed by atoms with E-state index in [0.717, 1.165) is 4.47 Å². The van der Waals surface area contributed by atoms with Gasteiger partial charge < -0.3 is 5.11 Å². The number of hydrogen-bond donors (Lipinski definition) is 1. The number of hydrogen-bond acceptors (Lipinski definition) is 2. The molecule has 2 rings (SSSR count). The van der Waals surface area contributed by atoms with Gasteiger partial charge in [0.2, 0.25) is 0 Å². The maximum atomic E-state index is 13.5. The first-order chi connectivity index (χ1) is 6.93. The Labute approximate surface area is 101 Å². The molecule has 0 aromatic heterocycles. The fourth-order valence-electron chi connectivity index (χ4n) is 1.74. The van der Waals surface area contributed by atoms with Gasteiger partial charge in [-0.3, -0.25) is 0 Å². The van der Waals surface area contributed by atoms with Crippen LogP contribution in [0.1, 0.15) is 31.1 Å². The Morgan fingerprint density at radius 1 is 1.53 bits per heavy atom. The smallest absolute Gasteiger partial charge is 0.127 e. The molecule has 0 spiro atoms. The van der Waals surface area contributed by atoms with Crippen LogP contribution in [0.15, 0.2) is 16.6 Å². The second-order valence-electron chi connectivity index (χ2n) is 4.22. The summed E-state index contributed by atoms with van der Waals surface area (Å²) in [5, 5.41) is 10.2. The molecule has 0 amide bonds. The number of aliphatic hydroxyl groups excluding tert-OH is 1. The molecule has 0 saturated carbocycles. The fourth-order valence-corrected chi connectivity index (χ4v) is 3.41. The summed E-state index contributed by atoms with van der Waals surface area (Å²) in [5.41, 5.74) is 1.33. The number of thioether (sulfide) groups is 1. The molecule has 0 radical (unpaired) electrons. The fraction of sp³-hybridized carbons (Fsp3) is 0.455. The highest BCUT2D eigenvalue weighted by molar-refractivity contribution is 9.10. The van der Waals surface area contributed by atoms with Crippen molar-refractivity contribution in [2.24, 2.45) is 0 Å². The van der Waals surface area contributed by atoms with E-state index in [4.69, 9.17) is 0 Å². The molecule has 1 aliphatic rings. The molecule has 1 aromatic rings. The van der Waals surface area contributed by atoms with E-state index < -0.39 is 6.10 Å². The molecule has 0 bridgehead atoms. The molecular weight excluding hydrogens is 279 g/mol. The predicted octanol–water partition coefficient (Wildman–Crippen LogP) is 3.65. The average Bonchev–Trinajstić information content (AvgIpc) is 2.16. The summed E-state index contributed by atoms with van der Waals surface area (Å²) in [6, 6.07) is 3.10. The molecule has 1 N–H and O–H groups in total. The first-order valence-electron chi connectivity index (χ1n) is 4.72. The highest BCUT2D eigenvalue weighted by Crippen LogP contribution is 2.48. The number of rotatable bonds is 0. The lowest BCUT2D eigenvalue weighted by atomic mass is 9.93. The highest BCUT2D eigenvalue weighted by Gasteiger charge is 2.37. The van der Waals surface area contributed by atoms with Gasteiger partial charge in [0.1, 0.15) is 5.82 Å². The van der Waals surface area contributed by atoms with E-state index >= 15 is 0 Å². The van der Waals surface area contributed by atoms with E-state index in [1.54, 1.807) is 17.8 Å². The zero-order valence-corrected chi connectivity index (χ0v) is 11.0. The van der Waals surface area contributed by atoms with Gasteiger partial charge in [-0.05, 0) is 26.0 Å². The number of halogens is 2. The summed E-state index contributed by atoms with van der Waals surface area (Å²) >= 11 is 4.96. The van der Waals surface area contributed by atoms with Crippen LogP contribution in [-0.2, 0) is 5.75 Å². The molecule has 15 heavy (non-hydrogen) atoms. The highest BCUT2D eigenvalue weighted by atomic mass is 79.9. The van der Waals surface area contributed by atoms with E-state index in [-0.39, 0.29) is 10.6 Å². The quantitative estimate of drug-likeness (QED) is 0.787. The Morgan fingerprint density at radius 2 is 2.20 bits per heavy atom. The molecule has 0 saturated heterocycles. The van der Waals surface area contributed by atoms with E-state index in [1.807, 2.05) is 13.8 Å². The Kier molecular flexibility index (Phi) is 2.86. The topological polar surface area (TPSA) is 20.2 Å². The summed E-state index contributed by atoms with van der Waals surface area (Å²) in [6.07, 6.45) is -0.628. The number of aliphatic hydroxyl groups is 1. The molecule has 1 nitrogen and oxygen atoms in total. The molecular formula is C11H12BrFOS. The van der Waals surface area contributed by atoms with Gasteiger partial charge in [-0.2, -0.15) is 0 Å². The number of benzene rings is 1. The largest absolute Gasteiger partial charge is 0.387 e. The van der Waals surface area contributed by atoms with E-state index in [0.29, 0.717) is 16.9 Å². The Hall–Kier alpha value is -0.0600. The van der Waals surface area contributed by atoms with Crippen LogP contribution in [0.3, 0.4) is 0 Å². The van der Waals surface area contributed by atoms with E-state index in [2.05, 4.69) is 15.9 Å². The van der Waals surface area contributed by atoms with Gasteiger partial charge in [0.15, 0.2) is 0 Å². The number of fused-ring (bicyclic) bond motifs is 1. The molecule has 1 heterocycles. The summed E-state index contributed by atoms with van der Waals surface area (Å²) in [7, 11) is 0. The zero-order valence-electron chi connectivity index (χ0n) is 8.55. The molecule has 0 fully saturated rings. The van der Waals surface area contributed by atoms with Gasteiger partial charge >= 0.3 is 0 Å². The predicted molar refractivity (Wildman–Crippen MR) is 64.4 cm³/mol. The minimum absolute atomic E-state index is 0.227. The lowest BCUT2D eigenvalue weighted by Gasteiger charge is -2.36. The summed E-state index contributed by atoms with van der Waals surface area (Å²) in [6.45, 7) is 3.95. The molecule has 1 aliphatic heterocycles. The Balaban J connectivity index is 2.60. The standard InChI is InChI=1S/C11H12BrFOS/c1-11(2)10(14)9-6(5-15-11)8(13)4-3-7(9)12/h3-4,10,14H,5H2,1-2H3. The minimum Gasteiger partial charge on any atom is -0.387 e. The van der Waals surface area contributed by atoms with Gasteiger partial charge in [-0.1, -0.05) is 15.9 Å². The van der Waals surface area contributed by atoms with Crippen molar-refractivity contribution in [2.75, 3.05) is 0 Å².